The number of nitrogens with zero attached hydrogens (tertiary/aromatic N) is 2. The first-order valence-corrected chi connectivity index (χ1v) is 9.82. The summed E-state index contributed by atoms with van der Waals surface area (Å²) in [6, 6.07) is 8.40. The van der Waals surface area contributed by atoms with Gasteiger partial charge in [0.05, 0.1) is 24.2 Å². The molecule has 1 heterocycles. The number of halogens is 4. The van der Waals surface area contributed by atoms with E-state index < -0.39 is 35.1 Å². The van der Waals surface area contributed by atoms with Crippen molar-refractivity contribution < 1.29 is 36.7 Å². The summed E-state index contributed by atoms with van der Waals surface area (Å²) >= 11 is 0. The maximum Gasteiger partial charge on any atom is 0.434 e. The number of hydrogen-bond donors (Lipinski definition) is 2. The number of alkyl halides is 3. The van der Waals surface area contributed by atoms with Crippen molar-refractivity contribution in [2.75, 3.05) is 17.2 Å². The van der Waals surface area contributed by atoms with Gasteiger partial charge in [-0.2, -0.15) is 18.3 Å². The van der Waals surface area contributed by atoms with E-state index in [4.69, 9.17) is 0 Å². The molecular weight excluding hydrogens is 460 g/mol. The molecule has 0 aliphatic rings. The fourth-order valence-corrected chi connectivity index (χ4v) is 3.03. The number of esters is 1. The molecule has 2 amide bonds. The Morgan fingerprint density at radius 2 is 1.74 bits per heavy atom. The lowest BCUT2D eigenvalue weighted by molar-refractivity contribution is -0.143. The number of benzene rings is 2. The molecule has 3 rings (SSSR count). The molecule has 0 fully saturated rings. The van der Waals surface area contributed by atoms with Crippen LogP contribution in [0.4, 0.5) is 28.9 Å². The van der Waals surface area contributed by atoms with E-state index in [0.717, 1.165) is 12.3 Å². The van der Waals surface area contributed by atoms with Crippen LogP contribution in [0.25, 0.3) is 5.69 Å². The van der Waals surface area contributed by atoms with Crippen molar-refractivity contribution >= 4 is 29.2 Å². The minimum absolute atomic E-state index is 0.0133. The summed E-state index contributed by atoms with van der Waals surface area (Å²) < 4.78 is 60.1. The standard InChI is InChI=1S/C22H18F4N4O4/c1-3-34-21(33)16-11-27-30(19(16)22(24,25)26)15-7-4-13(5-8-15)20(32)29-18-10-14(28-12(2)31)6-9-17(18)23/h4-11H,3H2,1-2H3,(H,28,31)(H,29,32). The lowest BCUT2D eigenvalue weighted by Gasteiger charge is -2.13. The van der Waals surface area contributed by atoms with Crippen LogP contribution < -0.4 is 10.6 Å². The van der Waals surface area contributed by atoms with Crippen LogP contribution in [0.15, 0.2) is 48.7 Å². The van der Waals surface area contributed by atoms with Gasteiger partial charge in [0.1, 0.15) is 11.4 Å². The summed E-state index contributed by atoms with van der Waals surface area (Å²) in [4.78, 5) is 35.6. The molecule has 0 aliphatic heterocycles. The maximum absolute atomic E-state index is 14.1. The summed E-state index contributed by atoms with van der Waals surface area (Å²) in [5.74, 6) is -3.05. The molecule has 0 unspecified atom stereocenters. The molecule has 2 N–H and O–H groups in total. The Kier molecular flexibility index (Phi) is 6.99. The molecular formula is C22H18F4N4O4. The van der Waals surface area contributed by atoms with E-state index in [0.29, 0.717) is 4.68 Å². The zero-order valence-corrected chi connectivity index (χ0v) is 17.9. The number of aromatic nitrogens is 2. The number of anilines is 2. The average Bonchev–Trinajstić information content (AvgIpc) is 3.22. The van der Waals surface area contributed by atoms with Gasteiger partial charge in [-0.25, -0.2) is 13.9 Å². The third kappa shape index (κ3) is 5.39. The Hall–Kier alpha value is -4.22. The van der Waals surface area contributed by atoms with Crippen molar-refractivity contribution in [2.45, 2.75) is 20.0 Å². The quantitative estimate of drug-likeness (QED) is 0.404. The van der Waals surface area contributed by atoms with Crippen molar-refractivity contribution in [1.82, 2.24) is 9.78 Å². The fourth-order valence-electron chi connectivity index (χ4n) is 3.03. The van der Waals surface area contributed by atoms with Crippen molar-refractivity contribution in [3.8, 4) is 5.69 Å². The zero-order valence-electron chi connectivity index (χ0n) is 17.9. The topological polar surface area (TPSA) is 102 Å². The van der Waals surface area contributed by atoms with E-state index in [1.54, 1.807) is 0 Å². The average molecular weight is 478 g/mol. The molecule has 0 bridgehead atoms. The van der Waals surface area contributed by atoms with Crippen molar-refractivity contribution in [3.63, 3.8) is 0 Å². The SMILES string of the molecule is CCOC(=O)c1cnn(-c2ccc(C(=O)Nc3cc(NC(C)=O)ccc3F)cc2)c1C(F)(F)F. The second kappa shape index (κ2) is 9.73. The molecule has 0 saturated heterocycles. The predicted molar refractivity (Wildman–Crippen MR) is 113 cm³/mol. The van der Waals surface area contributed by atoms with E-state index in [1.165, 1.54) is 50.2 Å². The number of hydrogen-bond acceptors (Lipinski definition) is 5. The summed E-state index contributed by atoms with van der Waals surface area (Å²) in [6.07, 6.45) is -4.16. The second-order valence-electron chi connectivity index (χ2n) is 6.91. The van der Waals surface area contributed by atoms with Crippen molar-refractivity contribution in [2.24, 2.45) is 0 Å². The Balaban J connectivity index is 1.87. The molecule has 12 heteroatoms. The summed E-state index contributed by atoms with van der Waals surface area (Å²) in [7, 11) is 0. The van der Waals surface area contributed by atoms with Crippen molar-refractivity contribution in [1.29, 1.82) is 0 Å². The third-order valence-electron chi connectivity index (χ3n) is 4.44. The monoisotopic (exact) mass is 478 g/mol. The van der Waals surface area contributed by atoms with Crippen LogP contribution in [0.1, 0.15) is 40.3 Å². The molecule has 8 nitrogen and oxygen atoms in total. The Morgan fingerprint density at radius 1 is 1.06 bits per heavy atom. The summed E-state index contributed by atoms with van der Waals surface area (Å²) in [5.41, 5.74) is -2.07. The van der Waals surface area contributed by atoms with Crippen LogP contribution in [0.2, 0.25) is 0 Å². The van der Waals surface area contributed by atoms with Crippen molar-refractivity contribution in [3.05, 3.63) is 71.3 Å². The highest BCUT2D eigenvalue weighted by Gasteiger charge is 2.41. The normalized spacial score (nSPS) is 11.1. The van der Waals surface area contributed by atoms with Crippen LogP contribution in [0, 0.1) is 5.82 Å². The lowest BCUT2D eigenvalue weighted by atomic mass is 10.1. The molecule has 0 aliphatic carbocycles. The van der Waals surface area contributed by atoms with Gasteiger partial charge < -0.3 is 15.4 Å². The van der Waals surface area contributed by atoms with Gasteiger partial charge in [-0.1, -0.05) is 0 Å². The van der Waals surface area contributed by atoms with Crippen LogP contribution in [-0.4, -0.2) is 34.2 Å². The maximum atomic E-state index is 14.1. The smallest absolute Gasteiger partial charge is 0.434 e. The van der Waals surface area contributed by atoms with Crippen LogP contribution >= 0.6 is 0 Å². The largest absolute Gasteiger partial charge is 0.462 e. The van der Waals surface area contributed by atoms with E-state index in [1.807, 2.05) is 0 Å². The molecule has 1 aromatic heterocycles. The highest BCUT2D eigenvalue weighted by Crippen LogP contribution is 2.34. The van der Waals surface area contributed by atoms with E-state index in [2.05, 4.69) is 20.5 Å². The first kappa shape index (κ1) is 24.4. The van der Waals surface area contributed by atoms with Gasteiger partial charge in [-0.15, -0.1) is 0 Å². The van der Waals surface area contributed by atoms with E-state index in [-0.39, 0.29) is 35.1 Å². The first-order valence-electron chi connectivity index (χ1n) is 9.82. The summed E-state index contributed by atoms with van der Waals surface area (Å²) in [6.45, 7) is 2.61. The number of nitrogens with one attached hydrogen (secondary N) is 2. The Labute approximate surface area is 190 Å². The molecule has 3 aromatic rings. The third-order valence-corrected chi connectivity index (χ3v) is 4.44. The van der Waals surface area contributed by atoms with Gasteiger partial charge in [-0.05, 0) is 49.4 Å². The highest BCUT2D eigenvalue weighted by atomic mass is 19.4. The summed E-state index contributed by atoms with van der Waals surface area (Å²) in [5, 5.41) is 8.45. The predicted octanol–water partition coefficient (Wildman–Crippen LogP) is 4.42. The van der Waals surface area contributed by atoms with Gasteiger partial charge in [0.2, 0.25) is 5.91 Å². The van der Waals surface area contributed by atoms with Gasteiger partial charge in [0.15, 0.2) is 5.69 Å². The first-order chi connectivity index (χ1) is 16.0. The molecule has 0 atom stereocenters. The number of carbonyl (C=O) groups excluding carboxylic acids is 3. The molecule has 0 radical (unpaired) electrons. The Morgan fingerprint density at radius 3 is 2.32 bits per heavy atom. The number of ether oxygens (including phenoxy) is 1. The van der Waals surface area contributed by atoms with Gasteiger partial charge >= 0.3 is 12.1 Å². The molecule has 178 valence electrons. The highest BCUT2D eigenvalue weighted by molar-refractivity contribution is 6.04. The van der Waals surface area contributed by atoms with Crippen LogP contribution in [0.5, 0.6) is 0 Å². The van der Waals surface area contributed by atoms with E-state index in [9.17, 15) is 31.9 Å². The Bertz CT molecular complexity index is 1240. The van der Waals surface area contributed by atoms with Gasteiger partial charge in [-0.3, -0.25) is 9.59 Å². The molecule has 0 saturated carbocycles. The molecule has 34 heavy (non-hydrogen) atoms. The lowest BCUT2D eigenvalue weighted by Crippen LogP contribution is -2.18. The van der Waals surface area contributed by atoms with Crippen LogP contribution in [0.3, 0.4) is 0 Å². The van der Waals surface area contributed by atoms with Gasteiger partial charge in [0.25, 0.3) is 5.91 Å². The number of amides is 2. The zero-order chi connectivity index (χ0) is 25.0. The minimum atomic E-state index is -4.91. The second-order valence-corrected chi connectivity index (χ2v) is 6.91. The van der Waals surface area contributed by atoms with E-state index >= 15 is 0 Å². The number of rotatable bonds is 6. The van der Waals surface area contributed by atoms with Crippen LogP contribution in [-0.2, 0) is 15.7 Å². The van der Waals surface area contributed by atoms with Gasteiger partial charge in [0, 0.05) is 18.2 Å². The fraction of sp³-hybridized carbons (Fsp3) is 0.182. The number of carbonyl (C=O) groups is 3. The minimum Gasteiger partial charge on any atom is -0.462 e. The molecule has 0 spiro atoms. The molecule has 2 aromatic carbocycles.